The van der Waals surface area contributed by atoms with Crippen molar-refractivity contribution < 1.29 is 18.3 Å². The molecule has 10 heteroatoms. The number of nitrogens with zero attached hydrogens (tertiary/aromatic N) is 2. The van der Waals surface area contributed by atoms with E-state index >= 15 is 0 Å². The molecule has 2 aromatic carbocycles. The van der Waals surface area contributed by atoms with E-state index in [1.54, 1.807) is 31.2 Å². The second kappa shape index (κ2) is 8.82. The summed E-state index contributed by atoms with van der Waals surface area (Å²) in [5, 5.41) is 14.9. The Morgan fingerprint density at radius 3 is 2.70 bits per heavy atom. The van der Waals surface area contributed by atoms with E-state index in [4.69, 9.17) is 10.8 Å². The van der Waals surface area contributed by atoms with Gasteiger partial charge in [0.05, 0.1) is 16.6 Å². The maximum atomic E-state index is 12.9. The summed E-state index contributed by atoms with van der Waals surface area (Å²) in [5.74, 6) is 0. The molecule has 1 atom stereocenters. The van der Waals surface area contributed by atoms with Gasteiger partial charge in [-0.05, 0) is 42.8 Å². The van der Waals surface area contributed by atoms with Gasteiger partial charge in [0.1, 0.15) is 5.69 Å². The normalized spacial score (nSPS) is 12.9. The molecular weight excluding hydrogens is 399 g/mol. The molecule has 0 bridgehead atoms. The molecule has 1 heterocycles. The molecule has 0 aliphatic carbocycles. The molecule has 1 unspecified atom stereocenters. The van der Waals surface area contributed by atoms with Crippen molar-refractivity contribution in [1.82, 2.24) is 14.9 Å². The van der Waals surface area contributed by atoms with Gasteiger partial charge in [-0.15, -0.1) is 0 Å². The topological polar surface area (TPSA) is 105 Å². The third kappa shape index (κ3) is 5.15. The van der Waals surface area contributed by atoms with Gasteiger partial charge in [0.25, 0.3) is 5.56 Å². The summed E-state index contributed by atoms with van der Waals surface area (Å²) in [4.78, 5) is 16.8. The van der Waals surface area contributed by atoms with Crippen LogP contribution >= 0.6 is 0 Å². The first-order valence-corrected chi connectivity index (χ1v) is 9.23. The van der Waals surface area contributed by atoms with Crippen molar-refractivity contribution in [1.29, 1.82) is 0 Å². The molecule has 0 aliphatic heterocycles. The molecule has 0 fully saturated rings. The van der Waals surface area contributed by atoms with Gasteiger partial charge in [0, 0.05) is 25.3 Å². The third-order valence-corrected chi connectivity index (χ3v) is 4.55. The van der Waals surface area contributed by atoms with Gasteiger partial charge in [-0.2, -0.15) is 13.2 Å². The fourth-order valence-electron chi connectivity index (χ4n) is 3.09. The van der Waals surface area contributed by atoms with Crippen molar-refractivity contribution in [2.45, 2.75) is 32.5 Å². The van der Waals surface area contributed by atoms with E-state index < -0.39 is 18.1 Å². The molecule has 7 nitrogen and oxygen atoms in total. The van der Waals surface area contributed by atoms with Gasteiger partial charge in [-0.25, -0.2) is 4.98 Å². The third-order valence-electron chi connectivity index (χ3n) is 4.55. The monoisotopic (exact) mass is 421 g/mol. The van der Waals surface area contributed by atoms with Crippen LogP contribution in [0.25, 0.3) is 11.0 Å². The van der Waals surface area contributed by atoms with E-state index in [0.29, 0.717) is 28.0 Å². The highest BCUT2D eigenvalue weighted by molar-refractivity contribution is 5.79. The fourth-order valence-corrected chi connectivity index (χ4v) is 3.09. The molecule has 0 saturated carbocycles. The minimum Gasteiger partial charge on any atom is -0.381 e. The van der Waals surface area contributed by atoms with Crippen LogP contribution in [-0.4, -0.2) is 27.6 Å². The van der Waals surface area contributed by atoms with E-state index in [2.05, 4.69) is 15.6 Å². The number of anilines is 1. The van der Waals surface area contributed by atoms with Crippen LogP contribution in [0.2, 0.25) is 0 Å². The lowest BCUT2D eigenvalue weighted by molar-refractivity contribution is -0.137. The number of aromatic nitrogens is 2. The van der Waals surface area contributed by atoms with Crippen molar-refractivity contribution in [3.8, 4) is 0 Å². The number of fused-ring (bicyclic) bond motifs is 1. The molecule has 30 heavy (non-hydrogen) atoms. The van der Waals surface area contributed by atoms with Crippen LogP contribution in [0.15, 0.2) is 47.3 Å². The van der Waals surface area contributed by atoms with Gasteiger partial charge >= 0.3 is 6.18 Å². The lowest BCUT2D eigenvalue weighted by Gasteiger charge is -2.15. The average molecular weight is 421 g/mol. The van der Waals surface area contributed by atoms with Crippen molar-refractivity contribution in [2.24, 2.45) is 5.73 Å². The molecule has 0 aliphatic rings. The Hall–Kier alpha value is -2.95. The predicted molar refractivity (Wildman–Crippen MR) is 108 cm³/mol. The summed E-state index contributed by atoms with van der Waals surface area (Å²) in [5.41, 5.74) is 6.89. The number of nitrogens with two attached hydrogens (primary N) is 1. The summed E-state index contributed by atoms with van der Waals surface area (Å²) in [6, 6.07) is 10.3. The number of halogens is 3. The second-order valence-corrected chi connectivity index (χ2v) is 6.81. The Morgan fingerprint density at radius 2 is 2.00 bits per heavy atom. The number of aliphatic hydroxyl groups is 1. The van der Waals surface area contributed by atoms with Crippen molar-refractivity contribution in [3.63, 3.8) is 0 Å². The Bertz CT molecular complexity index is 1100. The van der Waals surface area contributed by atoms with Crippen LogP contribution < -0.4 is 21.9 Å². The Morgan fingerprint density at radius 1 is 1.23 bits per heavy atom. The summed E-state index contributed by atoms with van der Waals surface area (Å²) in [7, 11) is 0. The van der Waals surface area contributed by atoms with Crippen LogP contribution in [0.4, 0.5) is 18.9 Å². The molecule has 0 radical (unpaired) electrons. The first kappa shape index (κ1) is 21.8. The van der Waals surface area contributed by atoms with Gasteiger partial charge in [0.2, 0.25) is 0 Å². The number of hydrogen-bond acceptors (Lipinski definition) is 6. The minimum absolute atomic E-state index is 0.180. The Balaban J connectivity index is 1.85. The zero-order valence-electron chi connectivity index (χ0n) is 16.2. The highest BCUT2D eigenvalue weighted by atomic mass is 19.4. The second-order valence-electron chi connectivity index (χ2n) is 6.81. The van der Waals surface area contributed by atoms with Crippen LogP contribution in [0.1, 0.15) is 16.8 Å². The average Bonchev–Trinajstić information content (AvgIpc) is 2.69. The molecule has 1 aromatic heterocycles. The quantitative estimate of drug-likeness (QED) is 0.436. The summed E-state index contributed by atoms with van der Waals surface area (Å²) >= 11 is 0. The molecule has 160 valence electrons. The van der Waals surface area contributed by atoms with Crippen molar-refractivity contribution >= 4 is 16.7 Å². The van der Waals surface area contributed by atoms with Crippen LogP contribution in [0.3, 0.4) is 0 Å². The van der Waals surface area contributed by atoms with Crippen LogP contribution in [0, 0.1) is 6.92 Å². The first-order valence-electron chi connectivity index (χ1n) is 9.23. The number of rotatable bonds is 7. The largest absolute Gasteiger partial charge is 0.416 e. The summed E-state index contributed by atoms with van der Waals surface area (Å²) in [6.45, 7) is 2.31. The Kier molecular flexibility index (Phi) is 6.40. The lowest BCUT2D eigenvalue weighted by Crippen LogP contribution is -2.40. The maximum absolute atomic E-state index is 12.9. The van der Waals surface area contributed by atoms with E-state index in [-0.39, 0.29) is 25.2 Å². The molecule has 0 amide bonds. The van der Waals surface area contributed by atoms with E-state index in [1.807, 2.05) is 0 Å². The number of aliphatic hydroxyl groups excluding tert-OH is 1. The molecule has 5 N–H and O–H groups in total. The predicted octanol–water partition coefficient (Wildman–Crippen LogP) is 2.16. The van der Waals surface area contributed by atoms with Gasteiger partial charge in [-0.1, -0.05) is 12.1 Å². The summed E-state index contributed by atoms with van der Waals surface area (Å²) < 4.78 is 40.2. The first-order chi connectivity index (χ1) is 14.1. The van der Waals surface area contributed by atoms with Crippen molar-refractivity contribution in [2.75, 3.05) is 11.9 Å². The maximum Gasteiger partial charge on any atom is 0.416 e. The van der Waals surface area contributed by atoms with E-state index in [0.717, 1.165) is 12.1 Å². The zero-order chi connectivity index (χ0) is 21.9. The molecule has 3 rings (SSSR count). The van der Waals surface area contributed by atoms with Gasteiger partial charge in [-0.3, -0.25) is 15.8 Å². The molecule has 3 aromatic rings. The number of nitrogens with one attached hydrogen (secondary N) is 2. The fraction of sp³-hybridized carbons (Fsp3) is 0.300. The van der Waals surface area contributed by atoms with Gasteiger partial charge in [0.15, 0.2) is 6.35 Å². The molecule has 0 saturated heterocycles. The zero-order valence-corrected chi connectivity index (χ0v) is 16.2. The van der Waals surface area contributed by atoms with Gasteiger partial charge < -0.3 is 15.0 Å². The van der Waals surface area contributed by atoms with Crippen LogP contribution in [0.5, 0.6) is 0 Å². The summed E-state index contributed by atoms with van der Waals surface area (Å²) in [6.07, 6.45) is -5.59. The number of benzene rings is 2. The lowest BCUT2D eigenvalue weighted by atomic mass is 10.1. The van der Waals surface area contributed by atoms with E-state index in [9.17, 15) is 18.0 Å². The molecule has 0 spiro atoms. The highest BCUT2D eigenvalue weighted by Crippen LogP contribution is 2.29. The highest BCUT2D eigenvalue weighted by Gasteiger charge is 2.30. The number of alkyl halides is 3. The SMILES string of the molecule is Cc1nc2ccc(NCc3cccc(C(F)(F)F)c3)cc2n(CCNC(N)O)c1=O. The standard InChI is InChI=1S/C20H22F3N5O2/c1-12-18(29)28(8-7-25-19(24)30)17-10-15(5-6-16(17)27-12)26-11-13-3-2-4-14(9-13)20(21,22)23/h2-6,9-10,19,25-26,30H,7-8,11,24H2,1H3. The van der Waals surface area contributed by atoms with Crippen LogP contribution in [-0.2, 0) is 19.3 Å². The Labute approximate surface area is 170 Å². The van der Waals surface area contributed by atoms with Crippen molar-refractivity contribution in [3.05, 3.63) is 69.6 Å². The number of aryl methyl sites for hydroxylation is 1. The smallest absolute Gasteiger partial charge is 0.381 e. The van der Waals surface area contributed by atoms with E-state index in [1.165, 1.54) is 10.6 Å². The molecular formula is C20H22F3N5O2. The number of hydrogen-bond donors (Lipinski definition) is 4. The minimum atomic E-state index is -4.40.